The van der Waals surface area contributed by atoms with Crippen molar-refractivity contribution in [2.45, 2.75) is 38.9 Å². The predicted octanol–water partition coefficient (Wildman–Crippen LogP) is 2.10. The van der Waals surface area contributed by atoms with E-state index in [1.54, 1.807) is 14.2 Å². The SMILES string of the molecule is CC[C@@H]1O[C@@H](CC)[C@H](COC)[C@H]1COC. The van der Waals surface area contributed by atoms with Crippen molar-refractivity contribution < 1.29 is 14.2 Å². The molecule has 0 saturated carbocycles. The van der Waals surface area contributed by atoms with E-state index in [4.69, 9.17) is 14.2 Å². The number of rotatable bonds is 6. The van der Waals surface area contributed by atoms with Crippen LogP contribution in [-0.4, -0.2) is 39.6 Å². The van der Waals surface area contributed by atoms with Gasteiger partial charge >= 0.3 is 0 Å². The van der Waals surface area contributed by atoms with Gasteiger partial charge < -0.3 is 14.2 Å². The van der Waals surface area contributed by atoms with Crippen molar-refractivity contribution in [3.63, 3.8) is 0 Å². The summed E-state index contributed by atoms with van der Waals surface area (Å²) < 4.78 is 16.6. The van der Waals surface area contributed by atoms with Gasteiger partial charge in [0.1, 0.15) is 0 Å². The van der Waals surface area contributed by atoms with Crippen LogP contribution in [0.5, 0.6) is 0 Å². The molecule has 90 valence electrons. The highest BCUT2D eigenvalue weighted by Crippen LogP contribution is 2.36. The maximum Gasteiger partial charge on any atom is 0.0631 e. The second kappa shape index (κ2) is 6.46. The van der Waals surface area contributed by atoms with Gasteiger partial charge in [-0.1, -0.05) is 13.8 Å². The monoisotopic (exact) mass is 216 g/mol. The summed E-state index contributed by atoms with van der Waals surface area (Å²) in [7, 11) is 3.52. The number of methoxy groups -OCH3 is 2. The van der Waals surface area contributed by atoms with E-state index in [0.717, 1.165) is 26.1 Å². The molecule has 1 saturated heterocycles. The van der Waals surface area contributed by atoms with Crippen LogP contribution in [0.25, 0.3) is 0 Å². The first-order valence-electron chi connectivity index (χ1n) is 5.91. The summed E-state index contributed by atoms with van der Waals surface area (Å²) in [6.45, 7) is 5.91. The summed E-state index contributed by atoms with van der Waals surface area (Å²) in [5.74, 6) is 0.981. The third-order valence-corrected chi connectivity index (χ3v) is 3.38. The zero-order valence-electron chi connectivity index (χ0n) is 10.4. The number of hydrogen-bond donors (Lipinski definition) is 0. The van der Waals surface area contributed by atoms with Gasteiger partial charge in [0.25, 0.3) is 0 Å². The van der Waals surface area contributed by atoms with E-state index in [0.29, 0.717) is 24.0 Å². The molecule has 0 N–H and O–H groups in total. The fraction of sp³-hybridized carbons (Fsp3) is 1.00. The highest BCUT2D eigenvalue weighted by Gasteiger charge is 2.42. The molecule has 0 aromatic rings. The topological polar surface area (TPSA) is 27.7 Å². The molecule has 0 aromatic carbocycles. The minimum Gasteiger partial charge on any atom is -0.384 e. The molecule has 3 heteroatoms. The zero-order valence-corrected chi connectivity index (χ0v) is 10.4. The molecule has 0 unspecified atom stereocenters. The predicted molar refractivity (Wildman–Crippen MR) is 60.0 cm³/mol. The Balaban J connectivity index is 2.65. The van der Waals surface area contributed by atoms with E-state index >= 15 is 0 Å². The number of ether oxygens (including phenoxy) is 3. The average Bonchev–Trinajstić information content (AvgIpc) is 2.58. The molecule has 1 fully saturated rings. The van der Waals surface area contributed by atoms with Gasteiger partial charge in [-0.3, -0.25) is 0 Å². The second-order valence-electron chi connectivity index (χ2n) is 4.27. The Morgan fingerprint density at radius 3 is 1.53 bits per heavy atom. The van der Waals surface area contributed by atoms with Crippen LogP contribution in [-0.2, 0) is 14.2 Å². The Bertz CT molecular complexity index is 154. The zero-order chi connectivity index (χ0) is 11.3. The summed E-state index contributed by atoms with van der Waals surface area (Å²) in [5.41, 5.74) is 0. The lowest BCUT2D eigenvalue weighted by molar-refractivity contribution is 0.0135. The lowest BCUT2D eigenvalue weighted by atomic mass is 9.86. The summed E-state index contributed by atoms with van der Waals surface area (Å²) >= 11 is 0. The van der Waals surface area contributed by atoms with Gasteiger partial charge in [-0.25, -0.2) is 0 Å². The van der Waals surface area contributed by atoms with E-state index in [-0.39, 0.29) is 0 Å². The van der Waals surface area contributed by atoms with Crippen molar-refractivity contribution in [1.29, 1.82) is 0 Å². The van der Waals surface area contributed by atoms with Gasteiger partial charge in [0, 0.05) is 26.1 Å². The Hall–Kier alpha value is -0.120. The first-order valence-corrected chi connectivity index (χ1v) is 5.91. The van der Waals surface area contributed by atoms with E-state index in [9.17, 15) is 0 Å². The van der Waals surface area contributed by atoms with Crippen molar-refractivity contribution in [2.75, 3.05) is 27.4 Å². The Labute approximate surface area is 93.1 Å². The molecule has 3 nitrogen and oxygen atoms in total. The van der Waals surface area contributed by atoms with Gasteiger partial charge in [0.05, 0.1) is 25.4 Å². The Morgan fingerprint density at radius 1 is 0.867 bits per heavy atom. The van der Waals surface area contributed by atoms with Gasteiger partial charge in [-0.05, 0) is 12.8 Å². The molecular weight excluding hydrogens is 192 g/mol. The lowest BCUT2D eigenvalue weighted by Crippen LogP contribution is -2.29. The molecule has 1 aliphatic rings. The van der Waals surface area contributed by atoms with Crippen molar-refractivity contribution >= 4 is 0 Å². The smallest absolute Gasteiger partial charge is 0.0631 e. The summed E-state index contributed by atoms with van der Waals surface area (Å²) in [6.07, 6.45) is 2.81. The lowest BCUT2D eigenvalue weighted by Gasteiger charge is -2.22. The van der Waals surface area contributed by atoms with Gasteiger partial charge in [0.15, 0.2) is 0 Å². The maximum atomic E-state index is 6.03. The molecule has 1 rings (SSSR count). The third-order valence-electron chi connectivity index (χ3n) is 3.38. The van der Waals surface area contributed by atoms with E-state index in [2.05, 4.69) is 13.8 Å². The van der Waals surface area contributed by atoms with Crippen molar-refractivity contribution in [3.8, 4) is 0 Å². The standard InChI is InChI=1S/C12H24O3/c1-5-11-9(7-13-3)10(8-14-4)12(6-2)15-11/h9-12H,5-8H2,1-4H3/t9-,10-,11+,12+/m1/s1. The van der Waals surface area contributed by atoms with E-state index < -0.39 is 0 Å². The number of hydrogen-bond acceptors (Lipinski definition) is 3. The van der Waals surface area contributed by atoms with Crippen LogP contribution in [0.4, 0.5) is 0 Å². The minimum absolute atomic E-state index is 0.343. The Morgan fingerprint density at radius 2 is 1.27 bits per heavy atom. The second-order valence-corrected chi connectivity index (χ2v) is 4.27. The fourth-order valence-corrected chi connectivity index (χ4v) is 2.62. The van der Waals surface area contributed by atoms with Crippen LogP contribution in [0, 0.1) is 11.8 Å². The molecule has 1 aliphatic heterocycles. The normalized spacial score (nSPS) is 36.0. The van der Waals surface area contributed by atoms with Crippen molar-refractivity contribution in [1.82, 2.24) is 0 Å². The van der Waals surface area contributed by atoms with Crippen LogP contribution >= 0.6 is 0 Å². The summed E-state index contributed by atoms with van der Waals surface area (Å²) in [5, 5.41) is 0. The summed E-state index contributed by atoms with van der Waals surface area (Å²) in [4.78, 5) is 0. The first kappa shape index (κ1) is 12.9. The Kier molecular flexibility index (Phi) is 5.58. The highest BCUT2D eigenvalue weighted by atomic mass is 16.5. The van der Waals surface area contributed by atoms with Crippen molar-refractivity contribution in [3.05, 3.63) is 0 Å². The molecule has 1 heterocycles. The average molecular weight is 216 g/mol. The van der Waals surface area contributed by atoms with Crippen molar-refractivity contribution in [2.24, 2.45) is 11.8 Å². The van der Waals surface area contributed by atoms with Crippen LogP contribution in [0.1, 0.15) is 26.7 Å². The molecule has 0 aromatic heterocycles. The molecule has 0 aliphatic carbocycles. The molecule has 0 bridgehead atoms. The quantitative estimate of drug-likeness (QED) is 0.680. The fourth-order valence-electron chi connectivity index (χ4n) is 2.62. The van der Waals surface area contributed by atoms with Crippen LogP contribution in [0.3, 0.4) is 0 Å². The third kappa shape index (κ3) is 2.92. The molecule has 0 amide bonds. The van der Waals surface area contributed by atoms with E-state index in [1.165, 1.54) is 0 Å². The van der Waals surface area contributed by atoms with Crippen LogP contribution in [0.2, 0.25) is 0 Å². The molecule has 4 atom stereocenters. The highest BCUT2D eigenvalue weighted by molar-refractivity contribution is 4.89. The van der Waals surface area contributed by atoms with Gasteiger partial charge in [-0.15, -0.1) is 0 Å². The molecule has 0 radical (unpaired) electrons. The largest absolute Gasteiger partial charge is 0.384 e. The first-order chi connectivity index (χ1) is 7.28. The minimum atomic E-state index is 0.343. The van der Waals surface area contributed by atoms with E-state index in [1.807, 2.05) is 0 Å². The molecule has 15 heavy (non-hydrogen) atoms. The molecular formula is C12H24O3. The van der Waals surface area contributed by atoms with Gasteiger partial charge in [-0.2, -0.15) is 0 Å². The van der Waals surface area contributed by atoms with Gasteiger partial charge in [0.2, 0.25) is 0 Å². The van der Waals surface area contributed by atoms with Crippen LogP contribution < -0.4 is 0 Å². The maximum absolute atomic E-state index is 6.03. The summed E-state index contributed by atoms with van der Waals surface area (Å²) in [6, 6.07) is 0. The molecule has 0 spiro atoms. The van der Waals surface area contributed by atoms with Crippen LogP contribution in [0.15, 0.2) is 0 Å².